The second-order valence-electron chi connectivity index (χ2n) is 10.7. The van der Waals surface area contributed by atoms with Crippen molar-refractivity contribution in [3.63, 3.8) is 0 Å². The maximum Gasteiger partial charge on any atom is 0.242 e. The molecule has 4 aliphatic carbocycles. The molecule has 176 valence electrons. The molecule has 0 spiro atoms. The van der Waals surface area contributed by atoms with E-state index in [1.54, 1.807) is 6.33 Å². The molecule has 2 unspecified atom stereocenters. The fourth-order valence-corrected chi connectivity index (χ4v) is 8.20. The highest BCUT2D eigenvalue weighted by Gasteiger charge is 2.62. The first-order valence-corrected chi connectivity index (χ1v) is 13.0. The van der Waals surface area contributed by atoms with E-state index in [9.17, 15) is 4.79 Å². The highest BCUT2D eigenvalue weighted by atomic mass is 35.5. The van der Waals surface area contributed by atoms with E-state index in [4.69, 9.17) is 34.8 Å². The summed E-state index contributed by atoms with van der Waals surface area (Å²) in [6.45, 7) is 3.88. The largest absolute Gasteiger partial charge is 0.340 e. The number of carbonyl (C=O) groups excluding carboxylic acids is 1. The van der Waals surface area contributed by atoms with Crippen molar-refractivity contribution in [2.45, 2.75) is 50.6 Å². The number of rotatable bonds is 4. The summed E-state index contributed by atoms with van der Waals surface area (Å²) in [5.41, 5.74) is 0.592. The van der Waals surface area contributed by atoms with Crippen molar-refractivity contribution in [2.24, 2.45) is 17.3 Å². The van der Waals surface area contributed by atoms with E-state index < -0.39 is 0 Å². The zero-order chi connectivity index (χ0) is 22.8. The monoisotopic (exact) mass is 507 g/mol. The molecule has 9 heteroatoms. The molecule has 4 bridgehead atoms. The molecular weight excluding hydrogens is 481 g/mol. The average molecular weight is 509 g/mol. The lowest BCUT2D eigenvalue weighted by molar-refractivity contribution is -0.168. The summed E-state index contributed by atoms with van der Waals surface area (Å²) >= 11 is 18.8. The molecule has 6 nitrogen and oxygen atoms in total. The molecule has 1 aliphatic heterocycles. The van der Waals surface area contributed by atoms with Gasteiger partial charge in [0.15, 0.2) is 0 Å². The second-order valence-corrected chi connectivity index (χ2v) is 11.8. The normalized spacial score (nSPS) is 33.6. The summed E-state index contributed by atoms with van der Waals surface area (Å²) in [7, 11) is 0. The number of hydrogen-bond donors (Lipinski definition) is 0. The number of aromatic nitrogens is 3. The van der Waals surface area contributed by atoms with Gasteiger partial charge in [-0.25, -0.2) is 9.67 Å². The Morgan fingerprint density at radius 2 is 1.67 bits per heavy atom. The minimum atomic E-state index is -0.267. The smallest absolute Gasteiger partial charge is 0.242 e. The Bertz CT molecular complexity index is 1050. The van der Waals surface area contributed by atoms with Gasteiger partial charge in [0.1, 0.15) is 6.33 Å². The molecule has 4 saturated carbocycles. The van der Waals surface area contributed by atoms with Crippen molar-refractivity contribution in [1.82, 2.24) is 24.6 Å². The first kappa shape index (κ1) is 22.1. The molecule has 2 aromatic rings. The number of halogens is 3. The summed E-state index contributed by atoms with van der Waals surface area (Å²) in [5, 5.41) is 6.18. The summed E-state index contributed by atoms with van der Waals surface area (Å²) in [4.78, 5) is 22.6. The fraction of sp³-hybridized carbons (Fsp3) is 0.625. The zero-order valence-electron chi connectivity index (χ0n) is 18.5. The fourth-order valence-electron chi connectivity index (χ4n) is 7.56. The van der Waals surface area contributed by atoms with Gasteiger partial charge in [0.2, 0.25) is 11.2 Å². The molecule has 1 aromatic carbocycles. The Labute approximate surface area is 209 Å². The van der Waals surface area contributed by atoms with Crippen LogP contribution in [0.5, 0.6) is 0 Å². The van der Waals surface area contributed by atoms with Crippen molar-refractivity contribution in [3.05, 3.63) is 45.4 Å². The minimum Gasteiger partial charge on any atom is -0.340 e. The summed E-state index contributed by atoms with van der Waals surface area (Å²) in [6.07, 6.45) is 8.08. The number of nitrogens with zero attached hydrogens (tertiary/aromatic N) is 5. The number of benzene rings is 1. The van der Waals surface area contributed by atoms with E-state index in [1.165, 1.54) is 6.42 Å². The maximum atomic E-state index is 14.0. The summed E-state index contributed by atoms with van der Waals surface area (Å²) < 4.78 is 1.99. The Kier molecular flexibility index (Phi) is 5.44. The molecule has 0 N–H and O–H groups in total. The molecule has 1 saturated heterocycles. The van der Waals surface area contributed by atoms with Crippen LogP contribution in [0.2, 0.25) is 15.3 Å². The Morgan fingerprint density at radius 3 is 2.27 bits per heavy atom. The first-order valence-electron chi connectivity index (χ1n) is 11.9. The van der Waals surface area contributed by atoms with Crippen LogP contribution in [0.25, 0.3) is 0 Å². The SMILES string of the molecule is O=C(N1CCN(Cc2c(Cl)cccc2Cl)CC1)C12CC3CC(C1)CC(n1cnc(Cl)n1)(C3)C2. The van der Waals surface area contributed by atoms with Gasteiger partial charge in [0, 0.05) is 48.3 Å². The second kappa shape index (κ2) is 8.11. The number of piperazine rings is 1. The van der Waals surface area contributed by atoms with Gasteiger partial charge in [-0.05, 0) is 74.1 Å². The van der Waals surface area contributed by atoms with E-state index in [1.807, 2.05) is 22.9 Å². The molecule has 33 heavy (non-hydrogen) atoms. The molecule has 1 amide bonds. The number of hydrogen-bond acceptors (Lipinski definition) is 4. The standard InChI is InChI=1S/C24H28Cl3N5O/c25-19-2-1-3-20(26)18(19)13-30-4-6-31(7-5-30)21(33)23-9-16-8-17(10-23)12-24(11-16,14-23)32-15-28-22(27)29-32/h1-3,15-17H,4-14H2. The van der Waals surface area contributed by atoms with Crippen LogP contribution in [-0.2, 0) is 16.9 Å². The predicted octanol–water partition coefficient (Wildman–Crippen LogP) is 4.88. The lowest BCUT2D eigenvalue weighted by Crippen LogP contribution is -2.62. The first-order chi connectivity index (χ1) is 15.9. The molecule has 7 rings (SSSR count). The van der Waals surface area contributed by atoms with Crippen LogP contribution >= 0.6 is 34.8 Å². The van der Waals surface area contributed by atoms with Crippen LogP contribution in [0.1, 0.15) is 44.1 Å². The molecule has 0 radical (unpaired) electrons. The van der Waals surface area contributed by atoms with Crippen LogP contribution in [0.4, 0.5) is 0 Å². The molecule has 5 aliphatic rings. The zero-order valence-corrected chi connectivity index (χ0v) is 20.8. The van der Waals surface area contributed by atoms with Crippen molar-refractivity contribution >= 4 is 40.7 Å². The van der Waals surface area contributed by atoms with Crippen LogP contribution in [-0.4, -0.2) is 56.7 Å². The van der Waals surface area contributed by atoms with Crippen LogP contribution in [0, 0.1) is 17.3 Å². The van der Waals surface area contributed by atoms with Crippen molar-refractivity contribution < 1.29 is 4.79 Å². The summed E-state index contributed by atoms with van der Waals surface area (Å²) in [5.74, 6) is 1.52. The Balaban J connectivity index is 1.17. The number of amides is 1. The van der Waals surface area contributed by atoms with Gasteiger partial charge in [-0.15, -0.1) is 5.10 Å². The van der Waals surface area contributed by atoms with E-state index in [2.05, 4.69) is 19.9 Å². The van der Waals surface area contributed by atoms with Gasteiger partial charge in [-0.2, -0.15) is 0 Å². The van der Waals surface area contributed by atoms with Crippen molar-refractivity contribution in [2.75, 3.05) is 26.2 Å². The maximum absolute atomic E-state index is 14.0. The van der Waals surface area contributed by atoms with E-state index in [0.29, 0.717) is 39.6 Å². The number of carbonyl (C=O) groups is 1. The van der Waals surface area contributed by atoms with Crippen LogP contribution in [0.3, 0.4) is 0 Å². The average Bonchev–Trinajstić information content (AvgIpc) is 3.23. The predicted molar refractivity (Wildman–Crippen MR) is 128 cm³/mol. The molecule has 2 atom stereocenters. The van der Waals surface area contributed by atoms with Gasteiger partial charge >= 0.3 is 0 Å². The van der Waals surface area contributed by atoms with Gasteiger partial charge < -0.3 is 4.90 Å². The van der Waals surface area contributed by atoms with Gasteiger partial charge in [0.25, 0.3) is 0 Å². The molecular formula is C24H28Cl3N5O. The van der Waals surface area contributed by atoms with E-state index in [0.717, 1.165) is 63.8 Å². The van der Waals surface area contributed by atoms with Crippen molar-refractivity contribution in [1.29, 1.82) is 0 Å². The van der Waals surface area contributed by atoms with Crippen molar-refractivity contribution in [3.8, 4) is 0 Å². The third kappa shape index (κ3) is 3.78. The van der Waals surface area contributed by atoms with E-state index in [-0.39, 0.29) is 11.0 Å². The highest BCUT2D eigenvalue weighted by molar-refractivity contribution is 6.36. The molecule has 5 fully saturated rings. The van der Waals surface area contributed by atoms with Gasteiger partial charge in [-0.1, -0.05) is 29.3 Å². The third-order valence-electron chi connectivity index (χ3n) is 8.54. The summed E-state index contributed by atoms with van der Waals surface area (Å²) in [6, 6.07) is 5.64. The lowest BCUT2D eigenvalue weighted by atomic mass is 9.46. The van der Waals surface area contributed by atoms with E-state index >= 15 is 0 Å². The minimum absolute atomic E-state index is 0.109. The molecule has 2 heterocycles. The molecule has 1 aromatic heterocycles. The Morgan fingerprint density at radius 1 is 1.00 bits per heavy atom. The van der Waals surface area contributed by atoms with Gasteiger partial charge in [0.05, 0.1) is 11.0 Å². The van der Waals surface area contributed by atoms with Crippen LogP contribution in [0.15, 0.2) is 24.5 Å². The van der Waals surface area contributed by atoms with Gasteiger partial charge in [-0.3, -0.25) is 9.69 Å². The quantitative estimate of drug-likeness (QED) is 0.591. The lowest BCUT2D eigenvalue weighted by Gasteiger charge is -2.61. The topological polar surface area (TPSA) is 54.3 Å². The van der Waals surface area contributed by atoms with Crippen LogP contribution < -0.4 is 0 Å². The highest BCUT2D eigenvalue weighted by Crippen LogP contribution is 2.64. The third-order valence-corrected chi connectivity index (χ3v) is 9.42. The Hall–Kier alpha value is -1.34.